The lowest BCUT2D eigenvalue weighted by atomic mass is 9.91. The quantitative estimate of drug-likeness (QED) is 0.938. The number of fused-ring (bicyclic) bond motifs is 1. The Morgan fingerprint density at radius 3 is 2.76 bits per heavy atom. The second-order valence-electron chi connectivity index (χ2n) is 6.59. The van der Waals surface area contributed by atoms with Gasteiger partial charge in [0.2, 0.25) is 0 Å². The van der Waals surface area contributed by atoms with Crippen molar-refractivity contribution in [3.63, 3.8) is 0 Å². The minimum absolute atomic E-state index is 0.166. The molecular formula is C18H26N2O. The highest BCUT2D eigenvalue weighted by Gasteiger charge is 2.26. The highest BCUT2D eigenvalue weighted by atomic mass is 16.3. The molecule has 3 nitrogen and oxygen atoms in total. The van der Waals surface area contributed by atoms with Gasteiger partial charge in [-0.2, -0.15) is 0 Å². The third-order valence-electron chi connectivity index (χ3n) is 4.97. The molecule has 1 fully saturated rings. The van der Waals surface area contributed by atoms with Gasteiger partial charge in [-0.1, -0.05) is 24.5 Å². The lowest BCUT2D eigenvalue weighted by Gasteiger charge is -2.35. The van der Waals surface area contributed by atoms with Crippen molar-refractivity contribution in [2.45, 2.75) is 51.3 Å². The van der Waals surface area contributed by atoms with Crippen LogP contribution in [0.4, 0.5) is 0 Å². The molecule has 0 spiro atoms. The van der Waals surface area contributed by atoms with E-state index in [1.807, 2.05) is 0 Å². The van der Waals surface area contributed by atoms with E-state index in [2.05, 4.69) is 54.8 Å². The molecule has 1 aromatic heterocycles. The van der Waals surface area contributed by atoms with Crippen molar-refractivity contribution in [1.29, 1.82) is 0 Å². The number of benzene rings is 1. The third kappa shape index (κ3) is 2.85. The molecule has 1 aromatic carbocycles. The second-order valence-corrected chi connectivity index (χ2v) is 6.59. The number of rotatable bonds is 3. The molecular weight excluding hydrogens is 260 g/mol. The Balaban J connectivity index is 1.82. The zero-order valence-electron chi connectivity index (χ0n) is 13.3. The van der Waals surface area contributed by atoms with E-state index in [9.17, 15) is 5.11 Å². The van der Waals surface area contributed by atoms with Crippen molar-refractivity contribution in [2.24, 2.45) is 7.05 Å². The molecule has 0 amide bonds. The molecule has 3 rings (SSSR count). The molecule has 114 valence electrons. The number of hydrogen-bond donors (Lipinski definition) is 1. The zero-order chi connectivity index (χ0) is 15.0. The maximum absolute atomic E-state index is 10.2. The minimum atomic E-state index is -0.166. The Morgan fingerprint density at radius 1 is 1.24 bits per heavy atom. The number of aliphatic hydroxyl groups excluding tert-OH is 1. The number of aryl methyl sites for hydroxylation is 2. The van der Waals surface area contributed by atoms with Gasteiger partial charge in [0.25, 0.3) is 0 Å². The van der Waals surface area contributed by atoms with Crippen LogP contribution in [0.5, 0.6) is 0 Å². The summed E-state index contributed by atoms with van der Waals surface area (Å²) in [6, 6.07) is 9.20. The smallest absolute Gasteiger partial charge is 0.0695 e. The van der Waals surface area contributed by atoms with Crippen LogP contribution in [0.3, 0.4) is 0 Å². The van der Waals surface area contributed by atoms with Gasteiger partial charge in [0, 0.05) is 36.2 Å². The zero-order valence-corrected chi connectivity index (χ0v) is 13.3. The Morgan fingerprint density at radius 2 is 2.00 bits per heavy atom. The lowest BCUT2D eigenvalue weighted by molar-refractivity contribution is 0.0281. The van der Waals surface area contributed by atoms with Crippen LogP contribution < -0.4 is 0 Å². The number of aromatic nitrogens is 1. The van der Waals surface area contributed by atoms with Crippen LogP contribution in [-0.4, -0.2) is 33.8 Å². The number of hydrogen-bond acceptors (Lipinski definition) is 2. The van der Waals surface area contributed by atoms with Gasteiger partial charge >= 0.3 is 0 Å². The van der Waals surface area contributed by atoms with Gasteiger partial charge in [-0.25, -0.2) is 0 Å². The summed E-state index contributed by atoms with van der Waals surface area (Å²) in [4.78, 5) is 2.32. The van der Waals surface area contributed by atoms with Gasteiger partial charge in [0.05, 0.1) is 6.10 Å². The summed E-state index contributed by atoms with van der Waals surface area (Å²) in [5.74, 6) is 0. The molecule has 0 saturated heterocycles. The largest absolute Gasteiger partial charge is 0.391 e. The molecule has 0 bridgehead atoms. The maximum atomic E-state index is 10.2. The Labute approximate surface area is 127 Å². The summed E-state index contributed by atoms with van der Waals surface area (Å²) in [6.07, 6.45) is 4.30. The summed E-state index contributed by atoms with van der Waals surface area (Å²) >= 11 is 0. The van der Waals surface area contributed by atoms with E-state index >= 15 is 0 Å². The molecule has 21 heavy (non-hydrogen) atoms. The van der Waals surface area contributed by atoms with Gasteiger partial charge < -0.3 is 9.67 Å². The van der Waals surface area contributed by atoms with Crippen molar-refractivity contribution in [3.8, 4) is 0 Å². The van der Waals surface area contributed by atoms with Crippen LogP contribution >= 0.6 is 0 Å². The highest BCUT2D eigenvalue weighted by Crippen LogP contribution is 2.25. The molecule has 1 saturated carbocycles. The molecule has 0 unspecified atom stereocenters. The van der Waals surface area contributed by atoms with Crippen LogP contribution in [0.25, 0.3) is 10.9 Å². The minimum Gasteiger partial charge on any atom is -0.391 e. The molecule has 2 aromatic rings. The number of nitrogens with zero attached hydrogens (tertiary/aromatic N) is 2. The third-order valence-corrected chi connectivity index (χ3v) is 4.97. The average molecular weight is 286 g/mol. The highest BCUT2D eigenvalue weighted by molar-refractivity contribution is 5.82. The van der Waals surface area contributed by atoms with Gasteiger partial charge in [0.15, 0.2) is 0 Å². The molecule has 1 aliphatic carbocycles. The molecule has 0 radical (unpaired) electrons. The molecule has 2 atom stereocenters. The van der Waals surface area contributed by atoms with Crippen molar-refractivity contribution in [1.82, 2.24) is 9.47 Å². The summed E-state index contributed by atoms with van der Waals surface area (Å²) in [7, 11) is 4.28. The number of likely N-dealkylation sites (N-methyl/N-ethyl adjacent to an activating group) is 1. The van der Waals surface area contributed by atoms with Gasteiger partial charge in [-0.3, -0.25) is 4.90 Å². The van der Waals surface area contributed by atoms with Crippen LogP contribution in [0, 0.1) is 6.92 Å². The average Bonchev–Trinajstić information content (AvgIpc) is 2.75. The summed E-state index contributed by atoms with van der Waals surface area (Å²) in [6.45, 7) is 3.03. The summed E-state index contributed by atoms with van der Waals surface area (Å²) in [5.41, 5.74) is 3.90. The SMILES string of the molecule is Cc1ccc2c(c1)cc(CN(C)[C@@H]1CCCC[C@@H]1O)n2C. The van der Waals surface area contributed by atoms with Crippen molar-refractivity contribution >= 4 is 10.9 Å². The molecule has 0 aliphatic heterocycles. The van der Waals surface area contributed by atoms with E-state index in [0.29, 0.717) is 6.04 Å². The van der Waals surface area contributed by atoms with E-state index in [-0.39, 0.29) is 6.10 Å². The Bertz CT molecular complexity index is 631. The first kappa shape index (κ1) is 14.6. The van der Waals surface area contributed by atoms with Crippen LogP contribution in [-0.2, 0) is 13.6 Å². The second kappa shape index (κ2) is 5.82. The standard InChI is InChI=1S/C18H26N2O/c1-13-8-9-16-14(10-13)11-15(20(16)3)12-19(2)17-6-4-5-7-18(17)21/h8-11,17-18,21H,4-7,12H2,1-3H3/t17-,18+/m1/s1. The summed E-state index contributed by atoms with van der Waals surface area (Å²) < 4.78 is 2.28. The predicted octanol–water partition coefficient (Wildman–Crippen LogP) is 3.22. The number of aliphatic hydroxyl groups is 1. The van der Waals surface area contributed by atoms with E-state index in [0.717, 1.165) is 19.4 Å². The van der Waals surface area contributed by atoms with E-state index in [1.165, 1.54) is 35.0 Å². The maximum Gasteiger partial charge on any atom is 0.0695 e. The van der Waals surface area contributed by atoms with Gasteiger partial charge in [-0.15, -0.1) is 0 Å². The first-order valence-corrected chi connectivity index (χ1v) is 7.99. The van der Waals surface area contributed by atoms with Gasteiger partial charge in [0.1, 0.15) is 0 Å². The Kier molecular flexibility index (Phi) is 4.05. The van der Waals surface area contributed by atoms with Crippen LogP contribution in [0.15, 0.2) is 24.3 Å². The van der Waals surface area contributed by atoms with Crippen LogP contribution in [0.1, 0.15) is 36.9 Å². The van der Waals surface area contributed by atoms with E-state index < -0.39 is 0 Å². The molecule has 1 heterocycles. The van der Waals surface area contributed by atoms with E-state index in [4.69, 9.17) is 0 Å². The normalized spacial score (nSPS) is 23.1. The van der Waals surface area contributed by atoms with Gasteiger partial charge in [-0.05, 0) is 45.0 Å². The Hall–Kier alpha value is -1.32. The molecule has 3 heteroatoms. The molecule has 1 aliphatic rings. The first-order chi connectivity index (χ1) is 10.1. The first-order valence-electron chi connectivity index (χ1n) is 7.99. The summed E-state index contributed by atoms with van der Waals surface area (Å²) in [5, 5.41) is 11.5. The molecule has 1 N–H and O–H groups in total. The predicted molar refractivity (Wildman–Crippen MR) is 87.4 cm³/mol. The van der Waals surface area contributed by atoms with Crippen molar-refractivity contribution < 1.29 is 5.11 Å². The fraction of sp³-hybridized carbons (Fsp3) is 0.556. The topological polar surface area (TPSA) is 28.4 Å². The van der Waals surface area contributed by atoms with Crippen LogP contribution in [0.2, 0.25) is 0 Å². The fourth-order valence-electron chi connectivity index (χ4n) is 3.66. The van der Waals surface area contributed by atoms with Crippen molar-refractivity contribution in [2.75, 3.05) is 7.05 Å². The lowest BCUT2D eigenvalue weighted by Crippen LogP contribution is -2.43. The van der Waals surface area contributed by atoms with E-state index in [1.54, 1.807) is 0 Å². The fourth-order valence-corrected chi connectivity index (χ4v) is 3.66. The van der Waals surface area contributed by atoms with Crippen molar-refractivity contribution in [3.05, 3.63) is 35.5 Å². The monoisotopic (exact) mass is 286 g/mol.